The average molecular weight is 178 g/mol. The van der Waals surface area contributed by atoms with E-state index in [2.05, 4.69) is 23.2 Å². The molecule has 0 saturated heterocycles. The molecule has 0 unspecified atom stereocenters. The molecule has 0 saturated carbocycles. The van der Waals surface area contributed by atoms with Crippen molar-refractivity contribution >= 4 is 5.65 Å². The summed E-state index contributed by atoms with van der Waals surface area (Å²) < 4.78 is 3.83. The van der Waals surface area contributed by atoms with E-state index in [4.69, 9.17) is 0 Å². The van der Waals surface area contributed by atoms with Crippen LogP contribution in [-0.4, -0.2) is 19.4 Å². The van der Waals surface area contributed by atoms with Gasteiger partial charge < -0.3 is 0 Å². The van der Waals surface area contributed by atoms with Crippen molar-refractivity contribution in [3.63, 3.8) is 0 Å². The van der Waals surface area contributed by atoms with E-state index in [1.165, 1.54) is 12.8 Å². The summed E-state index contributed by atoms with van der Waals surface area (Å²) in [6.07, 6.45) is 4.12. The fraction of sp³-hybridized carbons (Fsp3) is 0.556. The van der Waals surface area contributed by atoms with Crippen molar-refractivity contribution in [2.45, 2.75) is 33.2 Å². The van der Waals surface area contributed by atoms with Gasteiger partial charge in [-0.2, -0.15) is 10.2 Å². The molecule has 0 aliphatic carbocycles. The Balaban J connectivity index is 2.33. The van der Waals surface area contributed by atoms with Crippen molar-refractivity contribution < 1.29 is 0 Å². The first-order valence-electron chi connectivity index (χ1n) is 4.69. The van der Waals surface area contributed by atoms with Gasteiger partial charge in [0, 0.05) is 12.6 Å². The standard InChI is InChI=1S/C9H14N4/c1-3-4-5-12-9-6-8(2)11-13(9)7-10-12/h6-7H,3-5H2,1-2H3. The van der Waals surface area contributed by atoms with E-state index in [9.17, 15) is 0 Å². The lowest BCUT2D eigenvalue weighted by molar-refractivity contribution is 0.588. The first-order valence-corrected chi connectivity index (χ1v) is 4.69. The van der Waals surface area contributed by atoms with E-state index in [1.807, 2.05) is 16.1 Å². The molecule has 2 aromatic rings. The molecule has 0 N–H and O–H groups in total. The zero-order valence-electron chi connectivity index (χ0n) is 8.06. The summed E-state index contributed by atoms with van der Waals surface area (Å²) >= 11 is 0. The van der Waals surface area contributed by atoms with Crippen LogP contribution in [-0.2, 0) is 6.54 Å². The second kappa shape index (κ2) is 3.20. The fourth-order valence-corrected chi connectivity index (χ4v) is 1.43. The van der Waals surface area contributed by atoms with Crippen LogP contribution in [0.1, 0.15) is 25.5 Å². The minimum absolute atomic E-state index is 0.984. The van der Waals surface area contributed by atoms with Gasteiger partial charge in [0.15, 0.2) is 5.65 Å². The Kier molecular flexibility index (Phi) is 2.04. The van der Waals surface area contributed by atoms with Crippen LogP contribution in [0.5, 0.6) is 0 Å². The van der Waals surface area contributed by atoms with Gasteiger partial charge in [0.2, 0.25) is 0 Å². The van der Waals surface area contributed by atoms with E-state index in [1.54, 1.807) is 6.33 Å². The van der Waals surface area contributed by atoms with Crippen molar-refractivity contribution in [2.24, 2.45) is 0 Å². The van der Waals surface area contributed by atoms with Gasteiger partial charge in [-0.05, 0) is 13.3 Å². The summed E-state index contributed by atoms with van der Waals surface area (Å²) in [4.78, 5) is 0. The van der Waals surface area contributed by atoms with Crippen LogP contribution in [0.4, 0.5) is 0 Å². The number of rotatable bonds is 3. The number of aryl methyl sites for hydroxylation is 2. The molecule has 0 amide bonds. The highest BCUT2D eigenvalue weighted by molar-refractivity contribution is 5.38. The van der Waals surface area contributed by atoms with E-state index < -0.39 is 0 Å². The Morgan fingerprint density at radius 1 is 1.46 bits per heavy atom. The monoisotopic (exact) mass is 178 g/mol. The highest BCUT2D eigenvalue weighted by Gasteiger charge is 2.03. The van der Waals surface area contributed by atoms with Crippen molar-refractivity contribution in [3.05, 3.63) is 18.1 Å². The van der Waals surface area contributed by atoms with Gasteiger partial charge in [-0.1, -0.05) is 13.3 Å². The Hall–Kier alpha value is -1.32. The molecule has 4 nitrogen and oxygen atoms in total. The van der Waals surface area contributed by atoms with Crippen LogP contribution < -0.4 is 0 Å². The largest absolute Gasteiger partial charge is 0.246 e. The summed E-state index contributed by atoms with van der Waals surface area (Å²) in [5.74, 6) is 0. The quantitative estimate of drug-likeness (QED) is 0.716. The smallest absolute Gasteiger partial charge is 0.154 e. The van der Waals surface area contributed by atoms with Crippen LogP contribution in [0, 0.1) is 6.92 Å². The number of nitrogens with zero attached hydrogens (tertiary/aromatic N) is 4. The summed E-state index contributed by atoms with van der Waals surface area (Å²) in [5, 5.41) is 8.53. The van der Waals surface area contributed by atoms with Crippen molar-refractivity contribution in [1.82, 2.24) is 19.4 Å². The Bertz CT molecular complexity index is 399. The van der Waals surface area contributed by atoms with Gasteiger partial charge in [0.25, 0.3) is 0 Å². The van der Waals surface area contributed by atoms with Crippen molar-refractivity contribution in [1.29, 1.82) is 0 Å². The van der Waals surface area contributed by atoms with E-state index in [-0.39, 0.29) is 0 Å². The first-order chi connectivity index (χ1) is 6.31. The summed E-state index contributed by atoms with van der Waals surface area (Å²) in [7, 11) is 0. The van der Waals surface area contributed by atoms with Crippen LogP contribution in [0.3, 0.4) is 0 Å². The molecule has 0 aliphatic heterocycles. The van der Waals surface area contributed by atoms with E-state index in [0.717, 1.165) is 17.9 Å². The lowest BCUT2D eigenvalue weighted by Crippen LogP contribution is -1.98. The van der Waals surface area contributed by atoms with Gasteiger partial charge >= 0.3 is 0 Å². The molecular weight excluding hydrogens is 164 g/mol. The minimum atomic E-state index is 0.984. The van der Waals surface area contributed by atoms with Crippen LogP contribution >= 0.6 is 0 Å². The zero-order chi connectivity index (χ0) is 9.26. The van der Waals surface area contributed by atoms with E-state index in [0.29, 0.717) is 0 Å². The fourth-order valence-electron chi connectivity index (χ4n) is 1.43. The molecule has 0 aromatic carbocycles. The van der Waals surface area contributed by atoms with Gasteiger partial charge in [-0.3, -0.25) is 0 Å². The average Bonchev–Trinajstić information content (AvgIpc) is 2.61. The highest BCUT2D eigenvalue weighted by Crippen LogP contribution is 2.05. The predicted molar refractivity (Wildman–Crippen MR) is 50.6 cm³/mol. The molecule has 70 valence electrons. The molecule has 13 heavy (non-hydrogen) atoms. The Morgan fingerprint density at radius 2 is 2.31 bits per heavy atom. The third-order valence-electron chi connectivity index (χ3n) is 2.13. The molecule has 0 aliphatic rings. The second-order valence-corrected chi connectivity index (χ2v) is 3.30. The number of fused-ring (bicyclic) bond motifs is 1. The summed E-state index contributed by atoms with van der Waals surface area (Å²) in [5.41, 5.74) is 2.13. The molecule has 0 spiro atoms. The molecule has 0 atom stereocenters. The minimum Gasteiger partial charge on any atom is -0.246 e. The molecular formula is C9H14N4. The van der Waals surface area contributed by atoms with Gasteiger partial charge in [0.1, 0.15) is 6.33 Å². The van der Waals surface area contributed by atoms with Gasteiger partial charge in [0.05, 0.1) is 5.69 Å². The molecule has 0 bridgehead atoms. The van der Waals surface area contributed by atoms with Crippen molar-refractivity contribution in [3.8, 4) is 0 Å². The SMILES string of the molecule is CCCCn1ncn2nc(C)cc12. The maximum atomic E-state index is 4.28. The van der Waals surface area contributed by atoms with Crippen molar-refractivity contribution in [2.75, 3.05) is 0 Å². The van der Waals surface area contributed by atoms with E-state index >= 15 is 0 Å². The normalized spacial score (nSPS) is 11.2. The topological polar surface area (TPSA) is 35.1 Å². The van der Waals surface area contributed by atoms with Crippen LogP contribution in [0.15, 0.2) is 12.4 Å². The molecule has 2 rings (SSSR count). The van der Waals surface area contributed by atoms with Gasteiger partial charge in [-0.25, -0.2) is 9.20 Å². The molecule has 2 aromatic heterocycles. The number of unbranched alkanes of at least 4 members (excludes halogenated alkanes) is 1. The van der Waals surface area contributed by atoms with Crippen LogP contribution in [0.25, 0.3) is 5.65 Å². The molecule has 4 heteroatoms. The van der Waals surface area contributed by atoms with Crippen LogP contribution in [0.2, 0.25) is 0 Å². The Labute approximate surface area is 77.2 Å². The molecule has 0 radical (unpaired) electrons. The summed E-state index contributed by atoms with van der Waals surface area (Å²) in [6.45, 7) is 5.16. The number of aromatic nitrogens is 4. The third-order valence-corrected chi connectivity index (χ3v) is 2.13. The number of hydrogen-bond donors (Lipinski definition) is 0. The van der Waals surface area contributed by atoms with Gasteiger partial charge in [-0.15, -0.1) is 0 Å². The lowest BCUT2D eigenvalue weighted by atomic mass is 10.3. The maximum Gasteiger partial charge on any atom is 0.154 e. The number of hydrogen-bond acceptors (Lipinski definition) is 2. The Morgan fingerprint density at radius 3 is 3.08 bits per heavy atom. The predicted octanol–water partition coefficient (Wildman–Crippen LogP) is 1.64. The first kappa shape index (κ1) is 8.29. The second-order valence-electron chi connectivity index (χ2n) is 3.30. The third kappa shape index (κ3) is 1.43. The highest BCUT2D eigenvalue weighted by atomic mass is 15.4. The molecule has 0 fully saturated rings. The lowest BCUT2D eigenvalue weighted by Gasteiger charge is -1.97. The zero-order valence-corrected chi connectivity index (χ0v) is 8.06. The molecule has 2 heterocycles. The summed E-state index contributed by atoms with van der Waals surface area (Å²) in [6, 6.07) is 2.06. The maximum absolute atomic E-state index is 4.28.